The first-order valence-corrected chi connectivity index (χ1v) is 7.17. The van der Waals surface area contributed by atoms with Crippen molar-refractivity contribution in [3.05, 3.63) is 0 Å². The van der Waals surface area contributed by atoms with Crippen molar-refractivity contribution in [2.45, 2.75) is 38.7 Å². The van der Waals surface area contributed by atoms with Gasteiger partial charge in [-0.1, -0.05) is 6.92 Å². The quantitative estimate of drug-likeness (QED) is 0.692. The Kier molecular flexibility index (Phi) is 5.19. The van der Waals surface area contributed by atoms with E-state index < -0.39 is 30.6 Å². The molecule has 2 rings (SSSR count). The van der Waals surface area contributed by atoms with Gasteiger partial charge in [-0.15, -0.1) is 0 Å². The van der Waals surface area contributed by atoms with Gasteiger partial charge in [0.2, 0.25) is 5.91 Å². The van der Waals surface area contributed by atoms with Gasteiger partial charge >= 0.3 is 12.2 Å². The Bertz CT molecular complexity index is 456. The first kappa shape index (κ1) is 16.5. The van der Waals surface area contributed by atoms with E-state index in [4.69, 9.17) is 14.2 Å². The molecule has 22 heavy (non-hydrogen) atoms. The van der Waals surface area contributed by atoms with E-state index in [1.165, 1.54) is 4.90 Å². The van der Waals surface area contributed by atoms with Crippen LogP contribution in [0.3, 0.4) is 0 Å². The molecule has 2 aliphatic heterocycles. The SMILES string of the molecule is CCOC(=O)O[C@H]1C[C@H](N2CC(C)C(=O)NC2=O)O[C@@H]1CO. The van der Waals surface area contributed by atoms with Crippen LogP contribution in [0.4, 0.5) is 9.59 Å². The number of nitrogens with zero attached hydrogens (tertiary/aromatic N) is 1. The zero-order valence-electron chi connectivity index (χ0n) is 12.5. The molecule has 4 atom stereocenters. The predicted molar refractivity (Wildman–Crippen MR) is 71.7 cm³/mol. The molecule has 124 valence electrons. The third-order valence-corrected chi connectivity index (χ3v) is 3.63. The zero-order chi connectivity index (χ0) is 16.3. The lowest BCUT2D eigenvalue weighted by Crippen LogP contribution is -2.57. The summed E-state index contributed by atoms with van der Waals surface area (Å²) in [6, 6.07) is -0.554. The fourth-order valence-electron chi connectivity index (χ4n) is 2.47. The summed E-state index contributed by atoms with van der Waals surface area (Å²) in [6.07, 6.45) is -2.77. The molecule has 0 aromatic carbocycles. The van der Waals surface area contributed by atoms with E-state index in [1.807, 2.05) is 0 Å². The molecule has 2 heterocycles. The second kappa shape index (κ2) is 6.93. The van der Waals surface area contributed by atoms with Gasteiger partial charge in [-0.3, -0.25) is 15.0 Å². The molecule has 0 bridgehead atoms. The average Bonchev–Trinajstić information content (AvgIpc) is 2.85. The second-order valence-electron chi connectivity index (χ2n) is 5.23. The predicted octanol–water partition coefficient (Wildman–Crippen LogP) is -0.177. The summed E-state index contributed by atoms with van der Waals surface area (Å²) in [5.41, 5.74) is 0. The number of rotatable bonds is 4. The summed E-state index contributed by atoms with van der Waals surface area (Å²) < 4.78 is 15.3. The van der Waals surface area contributed by atoms with Crippen LogP contribution in [0.2, 0.25) is 0 Å². The molecular formula is C13H20N2O7. The highest BCUT2D eigenvalue weighted by molar-refractivity contribution is 5.97. The minimum Gasteiger partial charge on any atom is -0.435 e. The van der Waals surface area contributed by atoms with Gasteiger partial charge in [0.15, 0.2) is 0 Å². The van der Waals surface area contributed by atoms with Crippen LogP contribution in [0.5, 0.6) is 0 Å². The van der Waals surface area contributed by atoms with E-state index in [9.17, 15) is 19.5 Å². The van der Waals surface area contributed by atoms with Gasteiger partial charge in [-0.2, -0.15) is 0 Å². The molecule has 2 saturated heterocycles. The van der Waals surface area contributed by atoms with Crippen LogP contribution in [0, 0.1) is 5.92 Å². The lowest BCUT2D eigenvalue weighted by Gasteiger charge is -2.34. The molecular weight excluding hydrogens is 296 g/mol. The minimum atomic E-state index is -0.846. The number of aliphatic hydroxyl groups excluding tert-OH is 1. The smallest absolute Gasteiger partial charge is 0.435 e. The van der Waals surface area contributed by atoms with Crippen molar-refractivity contribution in [2.75, 3.05) is 19.8 Å². The van der Waals surface area contributed by atoms with Crippen LogP contribution < -0.4 is 5.32 Å². The number of carbonyl (C=O) groups is 3. The highest BCUT2D eigenvalue weighted by Gasteiger charge is 2.44. The Morgan fingerprint density at radius 2 is 2.23 bits per heavy atom. The highest BCUT2D eigenvalue weighted by atomic mass is 16.7. The summed E-state index contributed by atoms with van der Waals surface area (Å²) in [5.74, 6) is -0.698. The Labute approximate surface area is 127 Å². The number of nitrogens with one attached hydrogen (secondary N) is 1. The van der Waals surface area contributed by atoms with Gasteiger partial charge in [0.1, 0.15) is 18.4 Å². The molecule has 0 saturated carbocycles. The van der Waals surface area contributed by atoms with Crippen molar-refractivity contribution < 1.29 is 33.7 Å². The lowest BCUT2D eigenvalue weighted by atomic mass is 10.1. The summed E-state index contributed by atoms with van der Waals surface area (Å²) in [5, 5.41) is 11.6. The monoisotopic (exact) mass is 316 g/mol. The fourth-order valence-corrected chi connectivity index (χ4v) is 2.47. The maximum Gasteiger partial charge on any atom is 0.508 e. The highest BCUT2D eigenvalue weighted by Crippen LogP contribution is 2.27. The first-order valence-electron chi connectivity index (χ1n) is 7.17. The molecule has 0 aliphatic carbocycles. The zero-order valence-corrected chi connectivity index (χ0v) is 12.5. The number of amides is 3. The normalized spacial score (nSPS) is 31.9. The number of carbonyl (C=O) groups excluding carboxylic acids is 3. The number of urea groups is 1. The molecule has 2 aliphatic rings. The van der Waals surface area contributed by atoms with E-state index in [-0.39, 0.29) is 38.0 Å². The van der Waals surface area contributed by atoms with Crippen LogP contribution in [0.25, 0.3) is 0 Å². The number of imide groups is 1. The molecule has 0 radical (unpaired) electrons. The molecule has 3 amide bonds. The van der Waals surface area contributed by atoms with Gasteiger partial charge in [0, 0.05) is 13.0 Å². The van der Waals surface area contributed by atoms with E-state index in [0.29, 0.717) is 0 Å². The van der Waals surface area contributed by atoms with Gasteiger partial charge in [-0.25, -0.2) is 9.59 Å². The van der Waals surface area contributed by atoms with Crippen molar-refractivity contribution in [2.24, 2.45) is 5.92 Å². The number of hydrogen-bond acceptors (Lipinski definition) is 7. The molecule has 0 aromatic rings. The van der Waals surface area contributed by atoms with Crippen molar-refractivity contribution in [3.63, 3.8) is 0 Å². The van der Waals surface area contributed by atoms with Crippen LogP contribution in [-0.2, 0) is 19.0 Å². The van der Waals surface area contributed by atoms with Crippen LogP contribution in [-0.4, -0.2) is 66.3 Å². The third-order valence-electron chi connectivity index (χ3n) is 3.63. The van der Waals surface area contributed by atoms with Crippen molar-refractivity contribution in [3.8, 4) is 0 Å². The largest absolute Gasteiger partial charge is 0.508 e. The van der Waals surface area contributed by atoms with Crippen molar-refractivity contribution >= 4 is 18.1 Å². The second-order valence-corrected chi connectivity index (χ2v) is 5.23. The van der Waals surface area contributed by atoms with Crippen LogP contribution in [0.1, 0.15) is 20.3 Å². The van der Waals surface area contributed by atoms with Gasteiger partial charge < -0.3 is 19.3 Å². The Hall–Kier alpha value is -1.87. The maximum atomic E-state index is 11.9. The van der Waals surface area contributed by atoms with Crippen molar-refractivity contribution in [1.82, 2.24) is 10.2 Å². The molecule has 1 unspecified atom stereocenters. The molecule has 0 aromatic heterocycles. The molecule has 2 fully saturated rings. The number of aliphatic hydroxyl groups is 1. The Balaban J connectivity index is 2.00. The summed E-state index contributed by atoms with van der Waals surface area (Å²) in [6.45, 7) is 3.37. The summed E-state index contributed by atoms with van der Waals surface area (Å²) >= 11 is 0. The van der Waals surface area contributed by atoms with E-state index >= 15 is 0 Å². The summed E-state index contributed by atoms with van der Waals surface area (Å²) in [4.78, 5) is 36.1. The standard InChI is InChI=1S/C13H20N2O7/c1-3-20-13(19)22-8-4-10(21-9(8)6-16)15-5-7(2)11(17)14-12(15)18/h7-10,16H,3-6H2,1-2H3,(H,14,17,18)/t7?,8-,9+,10+/m0/s1. The number of hydrogen-bond donors (Lipinski definition) is 2. The van der Waals surface area contributed by atoms with Crippen LogP contribution in [0.15, 0.2) is 0 Å². The topological polar surface area (TPSA) is 114 Å². The Morgan fingerprint density at radius 1 is 1.50 bits per heavy atom. The van der Waals surface area contributed by atoms with Crippen LogP contribution >= 0.6 is 0 Å². The molecule has 0 spiro atoms. The van der Waals surface area contributed by atoms with E-state index in [2.05, 4.69) is 5.32 Å². The van der Waals surface area contributed by atoms with Crippen molar-refractivity contribution in [1.29, 1.82) is 0 Å². The van der Waals surface area contributed by atoms with E-state index in [0.717, 1.165) is 0 Å². The van der Waals surface area contributed by atoms with Gasteiger partial charge in [0.05, 0.1) is 19.1 Å². The van der Waals surface area contributed by atoms with Gasteiger partial charge in [-0.05, 0) is 6.92 Å². The van der Waals surface area contributed by atoms with Gasteiger partial charge in [0.25, 0.3) is 0 Å². The average molecular weight is 316 g/mol. The first-order chi connectivity index (χ1) is 10.5. The maximum absolute atomic E-state index is 11.9. The molecule has 9 heteroatoms. The molecule has 9 nitrogen and oxygen atoms in total. The van der Waals surface area contributed by atoms with E-state index in [1.54, 1.807) is 13.8 Å². The summed E-state index contributed by atoms with van der Waals surface area (Å²) in [7, 11) is 0. The fraction of sp³-hybridized carbons (Fsp3) is 0.769. The Morgan fingerprint density at radius 3 is 2.86 bits per heavy atom. The number of ether oxygens (including phenoxy) is 3. The minimum absolute atomic E-state index is 0.174. The third kappa shape index (κ3) is 3.47. The lowest BCUT2D eigenvalue weighted by molar-refractivity contribution is -0.128. The molecule has 2 N–H and O–H groups in total.